The van der Waals surface area contributed by atoms with E-state index in [1.165, 1.54) is 31.4 Å². The van der Waals surface area contributed by atoms with Crippen molar-refractivity contribution in [2.24, 2.45) is 5.92 Å². The molecule has 17 heavy (non-hydrogen) atoms. The predicted molar refractivity (Wildman–Crippen MR) is 75.1 cm³/mol. The predicted octanol–water partition coefficient (Wildman–Crippen LogP) is 3.55. The average Bonchev–Trinajstić information content (AvgIpc) is 2.77. The van der Waals surface area contributed by atoms with Gasteiger partial charge in [0.2, 0.25) is 0 Å². The van der Waals surface area contributed by atoms with Gasteiger partial charge in [-0.15, -0.1) is 0 Å². The molecule has 0 spiro atoms. The molecule has 2 atom stereocenters. The molecule has 0 amide bonds. The Kier molecular flexibility index (Phi) is 4.99. The highest BCUT2D eigenvalue weighted by atomic mass is 79.9. The van der Waals surface area contributed by atoms with Crippen LogP contribution in [0.5, 0.6) is 0 Å². The van der Waals surface area contributed by atoms with Crippen LogP contribution in [0, 0.1) is 5.92 Å². The minimum absolute atomic E-state index is 0.709. The molecule has 2 nitrogen and oxygen atoms in total. The molecule has 0 radical (unpaired) electrons. The number of pyridine rings is 1. The van der Waals surface area contributed by atoms with Gasteiger partial charge in [-0.2, -0.15) is 0 Å². The molecular weight excluding hydrogens is 276 g/mol. The summed E-state index contributed by atoms with van der Waals surface area (Å²) >= 11 is 3.43. The first-order valence-electron chi connectivity index (χ1n) is 6.63. The lowest BCUT2D eigenvalue weighted by Gasteiger charge is -2.20. The smallest absolute Gasteiger partial charge is 0.0413 e. The van der Waals surface area contributed by atoms with E-state index >= 15 is 0 Å². The SMILES string of the molecule is CCCNC1CCCC1Cc1ccc(Br)cn1. The Bertz CT molecular complexity index is 337. The number of nitrogens with zero attached hydrogens (tertiary/aromatic N) is 1. The fourth-order valence-corrected chi connectivity index (χ4v) is 2.91. The van der Waals surface area contributed by atoms with Crippen LogP contribution in [-0.2, 0) is 6.42 Å². The molecule has 1 N–H and O–H groups in total. The molecule has 0 bridgehead atoms. The molecule has 94 valence electrons. The summed E-state index contributed by atoms with van der Waals surface area (Å²) < 4.78 is 1.06. The summed E-state index contributed by atoms with van der Waals surface area (Å²) in [6.07, 6.45) is 8.29. The van der Waals surface area contributed by atoms with Crippen LogP contribution < -0.4 is 5.32 Å². The Labute approximate surface area is 112 Å². The van der Waals surface area contributed by atoms with E-state index in [0.29, 0.717) is 6.04 Å². The number of hydrogen-bond donors (Lipinski definition) is 1. The van der Waals surface area contributed by atoms with Crippen LogP contribution in [0.3, 0.4) is 0 Å². The Hall–Kier alpha value is -0.410. The third kappa shape index (κ3) is 3.78. The van der Waals surface area contributed by atoms with E-state index in [4.69, 9.17) is 0 Å². The Balaban J connectivity index is 1.90. The topological polar surface area (TPSA) is 24.9 Å². The second kappa shape index (κ2) is 6.50. The fraction of sp³-hybridized carbons (Fsp3) is 0.643. The standard InChI is InChI=1S/C14H21BrN2/c1-2-8-16-14-5-3-4-11(14)9-13-7-6-12(15)10-17-13/h6-7,10-11,14,16H,2-5,8-9H2,1H3. The van der Waals surface area contributed by atoms with E-state index in [9.17, 15) is 0 Å². The van der Waals surface area contributed by atoms with Crippen LogP contribution >= 0.6 is 15.9 Å². The van der Waals surface area contributed by atoms with E-state index in [1.54, 1.807) is 0 Å². The van der Waals surface area contributed by atoms with Crippen molar-refractivity contribution in [3.05, 3.63) is 28.5 Å². The van der Waals surface area contributed by atoms with E-state index in [0.717, 1.165) is 23.4 Å². The number of nitrogens with one attached hydrogen (secondary N) is 1. The van der Waals surface area contributed by atoms with Crippen molar-refractivity contribution in [2.75, 3.05) is 6.54 Å². The lowest BCUT2D eigenvalue weighted by Crippen LogP contribution is -2.33. The Morgan fingerprint density at radius 2 is 2.29 bits per heavy atom. The maximum absolute atomic E-state index is 4.48. The second-order valence-electron chi connectivity index (χ2n) is 4.92. The molecule has 1 aromatic rings. The first-order valence-corrected chi connectivity index (χ1v) is 7.42. The summed E-state index contributed by atoms with van der Waals surface area (Å²) in [6.45, 7) is 3.38. The molecule has 2 unspecified atom stereocenters. The van der Waals surface area contributed by atoms with Gasteiger partial charge < -0.3 is 5.32 Å². The molecule has 0 aromatic carbocycles. The molecule has 0 aliphatic heterocycles. The summed E-state index contributed by atoms with van der Waals surface area (Å²) in [5, 5.41) is 3.68. The van der Waals surface area contributed by atoms with Crippen molar-refractivity contribution in [2.45, 2.75) is 45.1 Å². The largest absolute Gasteiger partial charge is 0.314 e. The molecular formula is C14H21BrN2. The van der Waals surface area contributed by atoms with Gasteiger partial charge in [0.25, 0.3) is 0 Å². The van der Waals surface area contributed by atoms with Gasteiger partial charge in [-0.1, -0.05) is 13.3 Å². The molecule has 1 fully saturated rings. The van der Waals surface area contributed by atoms with Crippen LogP contribution in [0.4, 0.5) is 0 Å². The van der Waals surface area contributed by atoms with Gasteiger partial charge in [-0.25, -0.2) is 0 Å². The lowest BCUT2D eigenvalue weighted by molar-refractivity contribution is 0.396. The van der Waals surface area contributed by atoms with Crippen molar-refractivity contribution < 1.29 is 0 Å². The first kappa shape index (κ1) is 13.0. The molecule has 1 aliphatic rings. The molecule has 2 rings (SSSR count). The summed E-state index contributed by atoms with van der Waals surface area (Å²) in [5.74, 6) is 0.773. The van der Waals surface area contributed by atoms with Crippen molar-refractivity contribution in [3.63, 3.8) is 0 Å². The summed E-state index contributed by atoms with van der Waals surface area (Å²) in [6, 6.07) is 4.94. The van der Waals surface area contributed by atoms with Crippen molar-refractivity contribution >= 4 is 15.9 Å². The molecule has 1 aliphatic carbocycles. The van der Waals surface area contributed by atoms with E-state index in [2.05, 4.69) is 45.3 Å². The first-order chi connectivity index (χ1) is 8.29. The van der Waals surface area contributed by atoms with Gasteiger partial charge in [0.15, 0.2) is 0 Å². The highest BCUT2D eigenvalue weighted by Crippen LogP contribution is 2.28. The average molecular weight is 297 g/mol. The monoisotopic (exact) mass is 296 g/mol. The third-order valence-corrected chi connectivity index (χ3v) is 4.04. The van der Waals surface area contributed by atoms with Crippen molar-refractivity contribution in [1.82, 2.24) is 10.3 Å². The number of halogens is 1. The molecule has 1 aromatic heterocycles. The molecule has 0 saturated heterocycles. The molecule has 1 heterocycles. The Morgan fingerprint density at radius 1 is 1.41 bits per heavy atom. The Morgan fingerprint density at radius 3 is 3.00 bits per heavy atom. The summed E-state index contributed by atoms with van der Waals surface area (Å²) in [5.41, 5.74) is 1.23. The number of hydrogen-bond acceptors (Lipinski definition) is 2. The minimum atomic E-state index is 0.709. The van der Waals surface area contributed by atoms with Gasteiger partial charge >= 0.3 is 0 Å². The second-order valence-corrected chi connectivity index (χ2v) is 5.84. The van der Waals surface area contributed by atoms with Crippen molar-refractivity contribution in [1.29, 1.82) is 0 Å². The minimum Gasteiger partial charge on any atom is -0.314 e. The molecule has 3 heteroatoms. The van der Waals surface area contributed by atoms with Gasteiger partial charge in [0, 0.05) is 22.4 Å². The van der Waals surface area contributed by atoms with Crippen LogP contribution in [0.25, 0.3) is 0 Å². The highest BCUT2D eigenvalue weighted by Gasteiger charge is 2.26. The van der Waals surface area contributed by atoms with Gasteiger partial charge in [0.1, 0.15) is 0 Å². The van der Waals surface area contributed by atoms with Crippen LogP contribution in [0.15, 0.2) is 22.8 Å². The quantitative estimate of drug-likeness (QED) is 0.899. The van der Waals surface area contributed by atoms with Gasteiger partial charge in [-0.3, -0.25) is 4.98 Å². The van der Waals surface area contributed by atoms with Crippen molar-refractivity contribution in [3.8, 4) is 0 Å². The van der Waals surface area contributed by atoms with E-state index < -0.39 is 0 Å². The lowest BCUT2D eigenvalue weighted by atomic mass is 9.97. The zero-order valence-corrected chi connectivity index (χ0v) is 12.0. The maximum atomic E-state index is 4.48. The van der Waals surface area contributed by atoms with E-state index in [-0.39, 0.29) is 0 Å². The summed E-state index contributed by atoms with van der Waals surface area (Å²) in [4.78, 5) is 4.48. The molecule has 1 saturated carbocycles. The zero-order chi connectivity index (χ0) is 12.1. The fourth-order valence-electron chi connectivity index (χ4n) is 2.68. The third-order valence-electron chi connectivity index (χ3n) is 3.58. The van der Waals surface area contributed by atoms with Gasteiger partial charge in [-0.05, 0) is 66.2 Å². The van der Waals surface area contributed by atoms with Crippen LogP contribution in [0.2, 0.25) is 0 Å². The van der Waals surface area contributed by atoms with Crippen LogP contribution in [0.1, 0.15) is 38.3 Å². The highest BCUT2D eigenvalue weighted by molar-refractivity contribution is 9.10. The van der Waals surface area contributed by atoms with E-state index in [1.807, 2.05) is 6.20 Å². The summed E-state index contributed by atoms with van der Waals surface area (Å²) in [7, 11) is 0. The maximum Gasteiger partial charge on any atom is 0.0413 e. The normalized spacial score (nSPS) is 24.1. The van der Waals surface area contributed by atoms with Crippen LogP contribution in [-0.4, -0.2) is 17.6 Å². The zero-order valence-electron chi connectivity index (χ0n) is 10.5. The number of rotatable bonds is 5. The van der Waals surface area contributed by atoms with Gasteiger partial charge in [0.05, 0.1) is 0 Å². The number of aromatic nitrogens is 1.